The number of rotatable bonds is 3. The van der Waals surface area contributed by atoms with Crippen LogP contribution >= 0.6 is 0 Å². The second-order valence-electron chi connectivity index (χ2n) is 5.04. The van der Waals surface area contributed by atoms with Gasteiger partial charge in [0, 0.05) is 18.0 Å². The molecule has 0 aromatic carbocycles. The van der Waals surface area contributed by atoms with Crippen molar-refractivity contribution >= 4 is 0 Å². The average Bonchev–Trinajstić information content (AvgIpc) is 2.74. The summed E-state index contributed by atoms with van der Waals surface area (Å²) in [6.07, 6.45) is 6.93. The Hall–Kier alpha value is -0.110. The van der Waals surface area contributed by atoms with Gasteiger partial charge in [0.1, 0.15) is 6.17 Å². The highest BCUT2D eigenvalue weighted by Crippen LogP contribution is 2.47. The third-order valence-corrected chi connectivity index (χ3v) is 3.64. The minimum atomic E-state index is -0.538. The van der Waals surface area contributed by atoms with Crippen LogP contribution in [0.15, 0.2) is 0 Å². The molecule has 0 bridgehead atoms. The van der Waals surface area contributed by atoms with Gasteiger partial charge in [-0.2, -0.15) is 0 Å². The van der Waals surface area contributed by atoms with Crippen molar-refractivity contribution in [2.45, 2.75) is 57.7 Å². The van der Waals surface area contributed by atoms with Gasteiger partial charge in [-0.1, -0.05) is 26.2 Å². The molecule has 0 saturated heterocycles. The van der Waals surface area contributed by atoms with Gasteiger partial charge in [-0.15, -0.1) is 0 Å². The van der Waals surface area contributed by atoms with Crippen molar-refractivity contribution in [3.05, 3.63) is 0 Å². The molecule has 1 nitrogen and oxygen atoms in total. The van der Waals surface area contributed by atoms with E-state index in [1.54, 1.807) is 0 Å². The fourth-order valence-corrected chi connectivity index (χ4v) is 2.22. The molecule has 2 rings (SSSR count). The van der Waals surface area contributed by atoms with Gasteiger partial charge < -0.3 is 5.32 Å². The topological polar surface area (TPSA) is 12.0 Å². The molecule has 2 fully saturated rings. The highest BCUT2D eigenvalue weighted by Gasteiger charge is 2.50. The number of alkyl halides is 1. The summed E-state index contributed by atoms with van der Waals surface area (Å²) in [4.78, 5) is 0. The minimum absolute atomic E-state index is 0.0164. The largest absolute Gasteiger partial charge is 0.313 e. The van der Waals surface area contributed by atoms with Crippen LogP contribution in [0, 0.1) is 5.41 Å². The van der Waals surface area contributed by atoms with Gasteiger partial charge in [-0.05, 0) is 19.3 Å². The third kappa shape index (κ3) is 2.22. The van der Waals surface area contributed by atoms with Crippen LogP contribution < -0.4 is 5.32 Å². The van der Waals surface area contributed by atoms with Gasteiger partial charge >= 0.3 is 0 Å². The molecule has 13 heavy (non-hydrogen) atoms. The lowest BCUT2D eigenvalue weighted by atomic mass is 9.95. The van der Waals surface area contributed by atoms with Gasteiger partial charge in [-0.3, -0.25) is 0 Å². The summed E-state index contributed by atoms with van der Waals surface area (Å²) in [5.74, 6) is 0. The predicted octanol–water partition coefficient (Wildman–Crippen LogP) is 2.66. The van der Waals surface area contributed by atoms with Crippen molar-refractivity contribution in [3.8, 4) is 0 Å². The van der Waals surface area contributed by atoms with Crippen molar-refractivity contribution in [1.82, 2.24) is 5.32 Å². The molecule has 0 aromatic rings. The molecular weight excluding hydrogens is 165 g/mol. The van der Waals surface area contributed by atoms with E-state index < -0.39 is 6.17 Å². The van der Waals surface area contributed by atoms with Crippen LogP contribution in [0.4, 0.5) is 4.39 Å². The van der Waals surface area contributed by atoms with Gasteiger partial charge in [0.25, 0.3) is 0 Å². The van der Waals surface area contributed by atoms with Crippen molar-refractivity contribution in [2.24, 2.45) is 5.41 Å². The minimum Gasteiger partial charge on any atom is -0.313 e. The van der Waals surface area contributed by atoms with E-state index in [0.29, 0.717) is 6.04 Å². The fourth-order valence-electron chi connectivity index (χ4n) is 2.22. The first-order valence-electron chi connectivity index (χ1n) is 5.58. The van der Waals surface area contributed by atoms with Gasteiger partial charge in [0.2, 0.25) is 0 Å². The SMILES string of the molecule is CC1(CNC2CCCCC2)CC1F. The fraction of sp³-hybridized carbons (Fsp3) is 1.00. The Morgan fingerprint density at radius 2 is 1.92 bits per heavy atom. The Morgan fingerprint density at radius 1 is 1.31 bits per heavy atom. The summed E-state index contributed by atoms with van der Waals surface area (Å²) in [5.41, 5.74) is -0.0164. The summed E-state index contributed by atoms with van der Waals surface area (Å²) < 4.78 is 12.9. The van der Waals surface area contributed by atoms with E-state index in [9.17, 15) is 4.39 Å². The first-order chi connectivity index (χ1) is 6.21. The Kier molecular flexibility index (Phi) is 2.59. The van der Waals surface area contributed by atoms with Crippen LogP contribution in [0.1, 0.15) is 45.4 Å². The van der Waals surface area contributed by atoms with Crippen molar-refractivity contribution < 1.29 is 4.39 Å². The standard InChI is InChI=1S/C11H20FN/c1-11(7-10(11)12)8-13-9-5-3-2-4-6-9/h9-10,13H,2-8H2,1H3. The Balaban J connectivity index is 1.67. The van der Waals surface area contributed by atoms with Crippen molar-refractivity contribution in [2.75, 3.05) is 6.54 Å². The second-order valence-corrected chi connectivity index (χ2v) is 5.04. The average molecular weight is 185 g/mol. The maximum absolute atomic E-state index is 12.9. The van der Waals surface area contributed by atoms with Crippen LogP contribution in [-0.2, 0) is 0 Å². The predicted molar refractivity (Wildman–Crippen MR) is 52.5 cm³/mol. The number of nitrogens with one attached hydrogen (secondary N) is 1. The van der Waals surface area contributed by atoms with Gasteiger partial charge in [-0.25, -0.2) is 4.39 Å². The van der Waals surface area contributed by atoms with E-state index in [1.165, 1.54) is 32.1 Å². The van der Waals surface area contributed by atoms with Crippen molar-refractivity contribution in [3.63, 3.8) is 0 Å². The van der Waals surface area contributed by atoms with E-state index in [1.807, 2.05) is 6.92 Å². The second kappa shape index (κ2) is 3.56. The molecule has 2 heteroatoms. The van der Waals surface area contributed by atoms with Crippen LogP contribution in [0.25, 0.3) is 0 Å². The number of hydrogen-bond acceptors (Lipinski definition) is 1. The zero-order valence-corrected chi connectivity index (χ0v) is 8.48. The zero-order valence-electron chi connectivity index (χ0n) is 8.48. The molecule has 2 atom stereocenters. The van der Waals surface area contributed by atoms with E-state index in [4.69, 9.17) is 0 Å². The van der Waals surface area contributed by atoms with E-state index in [2.05, 4.69) is 5.32 Å². The lowest BCUT2D eigenvalue weighted by Gasteiger charge is -2.24. The van der Waals surface area contributed by atoms with Crippen LogP contribution in [0.5, 0.6) is 0 Å². The smallest absolute Gasteiger partial charge is 0.107 e. The molecule has 0 aromatic heterocycles. The summed E-state index contributed by atoms with van der Waals surface area (Å²) in [6, 6.07) is 0.679. The van der Waals surface area contributed by atoms with E-state index in [0.717, 1.165) is 13.0 Å². The molecule has 2 unspecified atom stereocenters. The summed E-state index contributed by atoms with van der Waals surface area (Å²) in [6.45, 7) is 2.94. The molecule has 0 aliphatic heterocycles. The van der Waals surface area contributed by atoms with Gasteiger partial charge in [0.05, 0.1) is 0 Å². The quantitative estimate of drug-likeness (QED) is 0.712. The summed E-state index contributed by atoms with van der Waals surface area (Å²) in [5, 5.41) is 3.51. The highest BCUT2D eigenvalue weighted by molar-refractivity contribution is 5.01. The first-order valence-corrected chi connectivity index (χ1v) is 5.58. The lowest BCUT2D eigenvalue weighted by Crippen LogP contribution is -2.35. The summed E-state index contributed by atoms with van der Waals surface area (Å²) in [7, 11) is 0. The zero-order chi connectivity index (χ0) is 9.31. The maximum Gasteiger partial charge on any atom is 0.107 e. The maximum atomic E-state index is 12.9. The molecule has 0 heterocycles. The molecule has 1 N–H and O–H groups in total. The Labute approximate surface area is 80.1 Å². The lowest BCUT2D eigenvalue weighted by molar-refractivity contribution is 0.314. The molecule has 2 aliphatic rings. The molecule has 2 aliphatic carbocycles. The molecule has 0 radical (unpaired) electrons. The molecule has 2 saturated carbocycles. The molecule has 0 amide bonds. The van der Waals surface area contributed by atoms with Crippen molar-refractivity contribution in [1.29, 1.82) is 0 Å². The van der Waals surface area contributed by atoms with E-state index in [-0.39, 0.29) is 5.41 Å². The highest BCUT2D eigenvalue weighted by atomic mass is 19.1. The third-order valence-electron chi connectivity index (χ3n) is 3.64. The number of hydrogen-bond donors (Lipinski definition) is 1. The van der Waals surface area contributed by atoms with Crippen LogP contribution in [-0.4, -0.2) is 18.8 Å². The van der Waals surface area contributed by atoms with Gasteiger partial charge in [0.15, 0.2) is 0 Å². The monoisotopic (exact) mass is 185 g/mol. The van der Waals surface area contributed by atoms with Crippen LogP contribution in [0.3, 0.4) is 0 Å². The van der Waals surface area contributed by atoms with E-state index >= 15 is 0 Å². The molecule has 0 spiro atoms. The Bertz CT molecular complexity index is 177. The normalized spacial score (nSPS) is 40.6. The van der Waals surface area contributed by atoms with Crippen LogP contribution in [0.2, 0.25) is 0 Å². The molecular formula is C11H20FN. The first kappa shape index (κ1) is 9.45. The Morgan fingerprint density at radius 3 is 2.46 bits per heavy atom. The molecule has 76 valence electrons. The number of halogens is 1. The summed E-state index contributed by atoms with van der Waals surface area (Å²) >= 11 is 0.